The highest BCUT2D eigenvalue weighted by atomic mass is 127. The Morgan fingerprint density at radius 2 is 0.960 bits per heavy atom. The van der Waals surface area contributed by atoms with Gasteiger partial charge >= 0.3 is 21.2 Å². The third kappa shape index (κ3) is 4.62. The first-order valence-corrected chi connectivity index (χ1v) is 11.4. The molecule has 0 N–H and O–H groups in total. The Bertz CT molecular complexity index is 855. The van der Waals surface area contributed by atoms with Crippen LogP contribution >= 0.6 is 22.7 Å². The molecule has 0 spiro atoms. The maximum absolute atomic E-state index is 5.90. The summed E-state index contributed by atoms with van der Waals surface area (Å²) in [6.45, 7) is 0. The second-order valence-electron chi connectivity index (χ2n) is 5.04. The number of hydrogen-bond donors (Lipinski definition) is 0. The highest BCUT2D eigenvalue weighted by molar-refractivity contribution is 7.12. The third-order valence-corrected chi connectivity index (χ3v) is 8.85. The fourth-order valence-corrected chi connectivity index (χ4v) is 8.04. The number of thiophene rings is 2. The van der Waals surface area contributed by atoms with Gasteiger partial charge in [-0.25, -0.2) is 0 Å². The minimum atomic E-state index is -0.205. The predicted molar refractivity (Wildman–Crippen MR) is 99.1 cm³/mol. The topological polar surface area (TPSA) is 18.5 Å². The summed E-state index contributed by atoms with van der Waals surface area (Å²) < 4.78 is 14.6. The summed E-state index contributed by atoms with van der Waals surface area (Å²) in [4.78, 5) is 0. The van der Waals surface area contributed by atoms with Crippen LogP contribution < -0.4 is 30.7 Å². The average Bonchev–Trinajstić information content (AvgIpc) is 3.27. The lowest BCUT2D eigenvalue weighted by Crippen LogP contribution is -3.61. The second kappa shape index (κ2) is 8.03. The largest absolute Gasteiger partial charge is 0.447 e. The van der Waals surface area contributed by atoms with Gasteiger partial charge in [0, 0.05) is 12.1 Å². The van der Waals surface area contributed by atoms with E-state index in [9.17, 15) is 0 Å². The Balaban J connectivity index is 1.39. The van der Waals surface area contributed by atoms with Crippen LogP contribution in [-0.2, 0) is 0 Å². The fourth-order valence-electron chi connectivity index (χ4n) is 2.11. The molecule has 5 heteroatoms. The zero-order valence-electron chi connectivity index (χ0n) is 13.1. The van der Waals surface area contributed by atoms with Crippen molar-refractivity contribution in [2.24, 2.45) is 0 Å². The lowest BCUT2D eigenvalue weighted by atomic mass is 10.3. The highest BCUT2D eigenvalue weighted by Crippen LogP contribution is 2.27. The van der Waals surface area contributed by atoms with Gasteiger partial charge in [0.15, 0.2) is 10.1 Å². The molecule has 2 aromatic heterocycles. The maximum atomic E-state index is 5.90. The van der Waals surface area contributed by atoms with Crippen LogP contribution in [0.4, 0.5) is 0 Å². The minimum Gasteiger partial charge on any atom is -0.447 e. The van der Waals surface area contributed by atoms with Crippen LogP contribution in [0.1, 0.15) is 0 Å². The van der Waals surface area contributed by atoms with Crippen LogP contribution in [0.3, 0.4) is 0 Å². The van der Waals surface area contributed by atoms with E-state index in [0.717, 1.165) is 21.6 Å². The normalized spacial score (nSPS) is 10.6. The molecule has 2 heterocycles. The third-order valence-electron chi connectivity index (χ3n) is 3.21. The zero-order chi connectivity index (χ0) is 16.9. The van der Waals surface area contributed by atoms with E-state index in [2.05, 4.69) is 24.3 Å². The molecule has 0 atom stereocenters. The smallest absolute Gasteiger partial charge is 0.381 e. The molecule has 0 amide bonds. The van der Waals surface area contributed by atoms with Crippen LogP contribution in [0.25, 0.3) is 0 Å². The van der Waals surface area contributed by atoms with Gasteiger partial charge in [0.25, 0.3) is 5.77 Å². The van der Waals surface area contributed by atoms with Crippen LogP contribution in [0.5, 0.6) is 21.6 Å². The van der Waals surface area contributed by atoms with Crippen molar-refractivity contribution in [3.8, 4) is 21.6 Å². The summed E-state index contributed by atoms with van der Waals surface area (Å²) >= 11 is 3.25. The first-order valence-electron chi connectivity index (χ1n) is 7.65. The summed E-state index contributed by atoms with van der Waals surface area (Å²) in [5.41, 5.74) is 0. The van der Waals surface area contributed by atoms with E-state index in [1.807, 2.05) is 60.7 Å². The van der Waals surface area contributed by atoms with Gasteiger partial charge in [0.1, 0.15) is 11.5 Å². The Hall–Kier alpha value is -1.83. The van der Waals surface area contributed by atoms with E-state index in [0.29, 0.717) is 0 Å². The number of hydrogen-bond acceptors (Lipinski definition) is 4. The average molecular weight is 477 g/mol. The fraction of sp³-hybridized carbons (Fsp3) is 0. The molecular weight excluding hydrogens is 463 g/mol. The van der Waals surface area contributed by atoms with Crippen LogP contribution in [0.15, 0.2) is 84.9 Å². The Morgan fingerprint density at radius 1 is 0.520 bits per heavy atom. The monoisotopic (exact) mass is 477 g/mol. The molecule has 124 valence electrons. The summed E-state index contributed by atoms with van der Waals surface area (Å²) in [7, 11) is 0. The molecule has 0 aliphatic rings. The van der Waals surface area contributed by atoms with Crippen molar-refractivity contribution in [3.63, 3.8) is 0 Å². The minimum absolute atomic E-state index is 0.205. The predicted octanol–water partition coefficient (Wildman–Crippen LogP) is 3.52. The summed E-state index contributed by atoms with van der Waals surface area (Å²) in [6.07, 6.45) is 0. The molecule has 0 aliphatic carbocycles. The van der Waals surface area contributed by atoms with E-state index >= 15 is 0 Å². The molecule has 0 radical (unpaired) electrons. The van der Waals surface area contributed by atoms with Crippen molar-refractivity contribution < 1.29 is 30.7 Å². The lowest BCUT2D eigenvalue weighted by Gasteiger charge is -2.00. The number of ether oxygens (including phenoxy) is 2. The van der Waals surface area contributed by atoms with Crippen molar-refractivity contribution in [2.75, 3.05) is 0 Å². The highest BCUT2D eigenvalue weighted by Gasteiger charge is 2.22. The van der Waals surface area contributed by atoms with Gasteiger partial charge in [-0.05, 0) is 36.4 Å². The van der Waals surface area contributed by atoms with Crippen molar-refractivity contribution in [2.45, 2.75) is 0 Å². The van der Waals surface area contributed by atoms with Gasteiger partial charge in [0.05, 0.1) is 0 Å². The lowest BCUT2D eigenvalue weighted by molar-refractivity contribution is -0.585. The Morgan fingerprint density at radius 3 is 1.40 bits per heavy atom. The molecule has 0 bridgehead atoms. The molecule has 0 fully saturated rings. The zero-order valence-corrected chi connectivity index (χ0v) is 16.9. The molecule has 4 rings (SSSR count). The molecule has 2 aromatic carbocycles. The maximum Gasteiger partial charge on any atom is 0.381 e. The van der Waals surface area contributed by atoms with Crippen molar-refractivity contribution in [1.29, 1.82) is 0 Å². The molecular formula is C20H14IO2S2+. The number of halogens is 1. The van der Waals surface area contributed by atoms with Gasteiger partial charge < -0.3 is 9.47 Å². The molecule has 25 heavy (non-hydrogen) atoms. The van der Waals surface area contributed by atoms with Gasteiger partial charge in [-0.3, -0.25) is 0 Å². The van der Waals surface area contributed by atoms with E-state index in [-0.39, 0.29) is 21.2 Å². The summed E-state index contributed by atoms with van der Waals surface area (Å²) in [5, 5.41) is 1.89. The van der Waals surface area contributed by atoms with Crippen LogP contribution in [0, 0.1) is 5.77 Å². The second-order valence-corrected chi connectivity index (χ2v) is 11.5. The summed E-state index contributed by atoms with van der Waals surface area (Å²) in [6, 6.07) is 28.3. The summed E-state index contributed by atoms with van der Waals surface area (Å²) in [5.74, 6) is 1.76. The molecule has 0 saturated heterocycles. The Labute approximate surface area is 164 Å². The van der Waals surface area contributed by atoms with Crippen LogP contribution in [-0.4, -0.2) is 0 Å². The van der Waals surface area contributed by atoms with Crippen molar-refractivity contribution in [3.05, 3.63) is 90.7 Å². The van der Waals surface area contributed by atoms with E-state index in [4.69, 9.17) is 9.47 Å². The van der Waals surface area contributed by atoms with Crippen molar-refractivity contribution >= 4 is 22.7 Å². The first kappa shape index (κ1) is 16.6. The number of rotatable bonds is 6. The van der Waals surface area contributed by atoms with Gasteiger partial charge in [-0.15, -0.1) is 0 Å². The van der Waals surface area contributed by atoms with Crippen molar-refractivity contribution in [1.82, 2.24) is 0 Å². The Kier molecular flexibility index (Phi) is 5.34. The van der Waals surface area contributed by atoms with Gasteiger partial charge in [-0.2, -0.15) is 0 Å². The van der Waals surface area contributed by atoms with E-state index in [1.54, 1.807) is 22.7 Å². The first-order chi connectivity index (χ1) is 12.3. The molecule has 2 nitrogen and oxygen atoms in total. The quantitative estimate of drug-likeness (QED) is 0.396. The number of para-hydroxylation sites is 2. The van der Waals surface area contributed by atoms with Gasteiger partial charge in [-0.1, -0.05) is 59.1 Å². The molecule has 0 saturated carbocycles. The molecule has 4 aromatic rings. The van der Waals surface area contributed by atoms with E-state index < -0.39 is 0 Å². The molecule has 0 aliphatic heterocycles. The van der Waals surface area contributed by atoms with Crippen LogP contribution in [0.2, 0.25) is 0 Å². The standard InChI is InChI=1S/C20H14IO2S2/c1-3-7-15(8-4-1)22-19-13-11-17(24-19)21-18-12-14-20(25-18)23-16-9-5-2-6-10-16/h1-14H/q+1. The molecule has 0 unspecified atom stereocenters. The number of benzene rings is 2. The van der Waals surface area contributed by atoms with Gasteiger partial charge in [0.2, 0.25) is 0 Å². The SMILES string of the molecule is c1ccc(Oc2ccc([I+]c3ccc(Oc4ccccc4)s3)s2)cc1. The van der Waals surface area contributed by atoms with E-state index in [1.165, 1.54) is 5.77 Å².